The van der Waals surface area contributed by atoms with Crippen molar-refractivity contribution in [2.75, 3.05) is 13.3 Å². The second kappa shape index (κ2) is 6.05. The summed E-state index contributed by atoms with van der Waals surface area (Å²) >= 11 is 0. The Morgan fingerprint density at radius 1 is 1.33 bits per heavy atom. The quantitative estimate of drug-likeness (QED) is 0.572. The van der Waals surface area contributed by atoms with Crippen molar-refractivity contribution in [1.29, 1.82) is 0 Å². The van der Waals surface area contributed by atoms with E-state index in [1.807, 2.05) is 0 Å². The van der Waals surface area contributed by atoms with Crippen LogP contribution in [0.1, 0.15) is 26.7 Å². The molecule has 56 valence electrons. The van der Waals surface area contributed by atoms with Crippen LogP contribution in [0.4, 0.5) is 0 Å². The molecule has 0 amide bonds. The molecule has 0 fully saturated rings. The van der Waals surface area contributed by atoms with E-state index >= 15 is 0 Å². The van der Waals surface area contributed by atoms with Gasteiger partial charge in [-0.1, -0.05) is 26.7 Å². The zero-order valence-electron chi connectivity index (χ0n) is 6.39. The van der Waals surface area contributed by atoms with Gasteiger partial charge in [-0.3, -0.25) is 0 Å². The molecule has 0 radical (unpaired) electrons. The van der Waals surface area contributed by atoms with Crippen LogP contribution in [0, 0.1) is 5.92 Å². The normalized spacial score (nSPS) is 10.7. The molecular weight excluding hydrogens is 114 g/mol. The average molecular weight is 131 g/mol. The smallest absolute Gasteiger partial charge is 0.0940 e. The van der Waals surface area contributed by atoms with Crippen molar-refractivity contribution >= 4 is 0 Å². The summed E-state index contributed by atoms with van der Waals surface area (Å²) in [4.78, 5) is 0. The van der Waals surface area contributed by atoms with Crippen molar-refractivity contribution in [1.82, 2.24) is 0 Å². The average Bonchev–Trinajstić information content (AvgIpc) is 1.91. The number of hydrogen-bond donors (Lipinski definition) is 1. The van der Waals surface area contributed by atoms with E-state index in [0.717, 1.165) is 6.61 Å². The van der Waals surface area contributed by atoms with Crippen LogP contribution in [0.15, 0.2) is 0 Å². The third-order valence-corrected chi connectivity index (χ3v) is 1.63. The van der Waals surface area contributed by atoms with Crippen LogP contribution in [-0.2, 0) is 4.74 Å². The van der Waals surface area contributed by atoms with Gasteiger partial charge < -0.3 is 10.5 Å². The van der Waals surface area contributed by atoms with Crippen LogP contribution in [-0.4, -0.2) is 13.3 Å². The van der Waals surface area contributed by atoms with E-state index in [-0.39, 0.29) is 0 Å². The van der Waals surface area contributed by atoms with E-state index in [1.165, 1.54) is 12.8 Å². The van der Waals surface area contributed by atoms with Gasteiger partial charge in [-0.25, -0.2) is 0 Å². The molecule has 0 bridgehead atoms. The minimum absolute atomic E-state index is 0.358. The molecule has 0 rings (SSSR count). The molecule has 0 aliphatic carbocycles. The van der Waals surface area contributed by atoms with Gasteiger partial charge in [0.15, 0.2) is 0 Å². The highest BCUT2D eigenvalue weighted by Crippen LogP contribution is 2.06. The number of hydrogen-bond acceptors (Lipinski definition) is 2. The molecule has 9 heavy (non-hydrogen) atoms. The summed E-state index contributed by atoms with van der Waals surface area (Å²) in [6.07, 6.45) is 2.38. The molecular formula is C7H17NO. The molecule has 0 unspecified atom stereocenters. The SMILES string of the molecule is CCC(CC)COCN. The maximum absolute atomic E-state index is 5.16. The Kier molecular flexibility index (Phi) is 5.99. The Bertz CT molecular complexity index is 52.9. The lowest BCUT2D eigenvalue weighted by atomic mass is 10.1. The highest BCUT2D eigenvalue weighted by Gasteiger charge is 2.00. The van der Waals surface area contributed by atoms with Gasteiger partial charge in [0.25, 0.3) is 0 Å². The fourth-order valence-electron chi connectivity index (χ4n) is 0.759. The highest BCUT2D eigenvalue weighted by atomic mass is 16.5. The van der Waals surface area contributed by atoms with E-state index in [2.05, 4.69) is 13.8 Å². The molecule has 0 aromatic rings. The fraction of sp³-hybridized carbons (Fsp3) is 1.00. The van der Waals surface area contributed by atoms with Crippen molar-refractivity contribution < 1.29 is 4.74 Å². The van der Waals surface area contributed by atoms with Crippen molar-refractivity contribution in [3.63, 3.8) is 0 Å². The van der Waals surface area contributed by atoms with E-state index in [9.17, 15) is 0 Å². The van der Waals surface area contributed by atoms with Crippen LogP contribution in [0.5, 0.6) is 0 Å². The summed E-state index contributed by atoms with van der Waals surface area (Å²) in [6.45, 7) is 5.53. The zero-order valence-corrected chi connectivity index (χ0v) is 6.39. The van der Waals surface area contributed by atoms with E-state index in [1.54, 1.807) is 0 Å². The Labute approximate surface area is 57.4 Å². The second-order valence-corrected chi connectivity index (χ2v) is 2.22. The van der Waals surface area contributed by atoms with Crippen molar-refractivity contribution in [3.8, 4) is 0 Å². The molecule has 2 nitrogen and oxygen atoms in total. The molecule has 0 aliphatic rings. The van der Waals surface area contributed by atoms with Crippen LogP contribution in [0.25, 0.3) is 0 Å². The van der Waals surface area contributed by atoms with Crippen LogP contribution in [0.2, 0.25) is 0 Å². The van der Waals surface area contributed by atoms with Gasteiger partial charge in [0.2, 0.25) is 0 Å². The Morgan fingerprint density at radius 2 is 1.89 bits per heavy atom. The monoisotopic (exact) mass is 131 g/mol. The van der Waals surface area contributed by atoms with E-state index in [4.69, 9.17) is 10.5 Å². The molecule has 0 saturated carbocycles. The topological polar surface area (TPSA) is 35.2 Å². The molecule has 0 spiro atoms. The maximum atomic E-state index is 5.16. The molecule has 0 saturated heterocycles. The third kappa shape index (κ3) is 4.43. The first-order valence-corrected chi connectivity index (χ1v) is 3.62. The first kappa shape index (κ1) is 8.92. The minimum Gasteiger partial charge on any atom is -0.366 e. The second-order valence-electron chi connectivity index (χ2n) is 2.22. The van der Waals surface area contributed by atoms with Crippen LogP contribution in [0.3, 0.4) is 0 Å². The van der Waals surface area contributed by atoms with Crippen LogP contribution < -0.4 is 5.73 Å². The molecule has 0 atom stereocenters. The summed E-state index contributed by atoms with van der Waals surface area (Å²) in [5.74, 6) is 0.702. The van der Waals surface area contributed by atoms with Gasteiger partial charge in [-0.2, -0.15) is 0 Å². The lowest BCUT2D eigenvalue weighted by Crippen LogP contribution is -2.12. The third-order valence-electron chi connectivity index (χ3n) is 1.63. The van der Waals surface area contributed by atoms with Gasteiger partial charge in [-0.05, 0) is 5.92 Å². The summed E-state index contributed by atoms with van der Waals surface area (Å²) in [7, 11) is 0. The number of rotatable bonds is 5. The van der Waals surface area contributed by atoms with Gasteiger partial charge in [-0.15, -0.1) is 0 Å². The summed E-state index contributed by atoms with van der Waals surface area (Å²) in [5.41, 5.74) is 5.16. The van der Waals surface area contributed by atoms with Crippen molar-refractivity contribution in [2.45, 2.75) is 26.7 Å². The maximum Gasteiger partial charge on any atom is 0.0940 e. The Morgan fingerprint density at radius 3 is 2.22 bits per heavy atom. The summed E-state index contributed by atoms with van der Waals surface area (Å²) < 4.78 is 5.06. The number of ether oxygens (including phenoxy) is 1. The predicted octanol–water partition coefficient (Wildman–Crippen LogP) is 1.36. The summed E-state index contributed by atoms with van der Waals surface area (Å²) in [5, 5.41) is 0. The van der Waals surface area contributed by atoms with Gasteiger partial charge in [0.1, 0.15) is 0 Å². The first-order chi connectivity index (χ1) is 4.35. The molecule has 0 aliphatic heterocycles. The van der Waals surface area contributed by atoms with Crippen LogP contribution >= 0.6 is 0 Å². The Balaban J connectivity index is 3.09. The number of nitrogens with two attached hydrogens (primary N) is 1. The van der Waals surface area contributed by atoms with Gasteiger partial charge in [0, 0.05) is 0 Å². The molecule has 0 aromatic heterocycles. The summed E-state index contributed by atoms with van der Waals surface area (Å²) in [6, 6.07) is 0. The lowest BCUT2D eigenvalue weighted by Gasteiger charge is -2.10. The first-order valence-electron chi connectivity index (χ1n) is 3.62. The van der Waals surface area contributed by atoms with Crippen molar-refractivity contribution in [3.05, 3.63) is 0 Å². The molecule has 0 aromatic carbocycles. The minimum atomic E-state index is 0.358. The van der Waals surface area contributed by atoms with Crippen molar-refractivity contribution in [2.24, 2.45) is 11.7 Å². The van der Waals surface area contributed by atoms with E-state index in [0.29, 0.717) is 12.6 Å². The van der Waals surface area contributed by atoms with Gasteiger partial charge in [0.05, 0.1) is 13.3 Å². The fourth-order valence-corrected chi connectivity index (χ4v) is 0.759. The van der Waals surface area contributed by atoms with Gasteiger partial charge >= 0.3 is 0 Å². The molecule has 2 N–H and O–H groups in total. The lowest BCUT2D eigenvalue weighted by molar-refractivity contribution is 0.102. The Hall–Kier alpha value is -0.0800. The molecule has 0 heterocycles. The largest absolute Gasteiger partial charge is 0.366 e. The zero-order chi connectivity index (χ0) is 7.11. The highest BCUT2D eigenvalue weighted by molar-refractivity contribution is 4.50. The molecule has 2 heteroatoms. The predicted molar refractivity (Wildman–Crippen MR) is 39.1 cm³/mol. The standard InChI is InChI=1S/C7H17NO/c1-3-7(4-2)5-9-6-8/h7H,3-6,8H2,1-2H3. The van der Waals surface area contributed by atoms with E-state index < -0.39 is 0 Å².